The molecule has 1 N–H and O–H groups in total. The van der Waals surface area contributed by atoms with Gasteiger partial charge in [-0.3, -0.25) is 14.8 Å². The summed E-state index contributed by atoms with van der Waals surface area (Å²) in [4.78, 5) is 17.1. The third kappa shape index (κ3) is 2.65. The molecule has 5 nitrogen and oxygen atoms in total. The second-order valence-corrected chi connectivity index (χ2v) is 6.21. The number of benzene rings is 1. The Kier molecular flexibility index (Phi) is 3.15. The van der Waals surface area contributed by atoms with Crippen molar-refractivity contribution in [3.63, 3.8) is 0 Å². The van der Waals surface area contributed by atoms with Gasteiger partial charge in [0.2, 0.25) is 0 Å². The summed E-state index contributed by atoms with van der Waals surface area (Å²) < 4.78 is 0. The first-order valence-electron chi connectivity index (χ1n) is 7.74. The van der Waals surface area contributed by atoms with Crippen LogP contribution in [0.15, 0.2) is 24.4 Å². The molecule has 0 atom stereocenters. The minimum absolute atomic E-state index is 0.143. The van der Waals surface area contributed by atoms with E-state index >= 15 is 0 Å². The van der Waals surface area contributed by atoms with E-state index in [9.17, 15) is 4.79 Å². The van der Waals surface area contributed by atoms with Crippen LogP contribution in [0.3, 0.4) is 0 Å². The lowest BCUT2D eigenvalue weighted by atomic mass is 10.1. The standard InChI is InChI=1S/C16H20N4O/c21-16(13-3-4-15-14(9-13)10-17-18-15)20-7-5-19(6-8-20)11-12-1-2-12/h3-4,9-10,12H,1-2,5-8,11H2,(H,17,18). The van der Waals surface area contributed by atoms with Crippen molar-refractivity contribution < 1.29 is 4.79 Å². The highest BCUT2D eigenvalue weighted by atomic mass is 16.2. The Morgan fingerprint density at radius 2 is 2.05 bits per heavy atom. The van der Waals surface area contributed by atoms with E-state index in [0.717, 1.165) is 48.6 Å². The lowest BCUT2D eigenvalue weighted by Gasteiger charge is -2.34. The molecule has 1 aliphatic heterocycles. The van der Waals surface area contributed by atoms with Crippen molar-refractivity contribution in [1.82, 2.24) is 20.0 Å². The number of rotatable bonds is 3. The van der Waals surface area contributed by atoms with Crippen LogP contribution in [0, 0.1) is 5.92 Å². The summed E-state index contributed by atoms with van der Waals surface area (Å²) in [5.74, 6) is 1.07. The third-order valence-electron chi connectivity index (χ3n) is 4.56. The molecular formula is C16H20N4O. The van der Waals surface area contributed by atoms with E-state index in [1.165, 1.54) is 19.4 Å². The van der Waals surface area contributed by atoms with Crippen molar-refractivity contribution in [2.75, 3.05) is 32.7 Å². The van der Waals surface area contributed by atoms with Crippen LogP contribution in [0.25, 0.3) is 10.9 Å². The van der Waals surface area contributed by atoms with Crippen molar-refractivity contribution in [2.24, 2.45) is 5.92 Å². The van der Waals surface area contributed by atoms with Gasteiger partial charge in [-0.2, -0.15) is 5.10 Å². The lowest BCUT2D eigenvalue weighted by molar-refractivity contribution is 0.0632. The molecule has 1 aromatic heterocycles. The monoisotopic (exact) mass is 284 g/mol. The van der Waals surface area contributed by atoms with E-state index in [-0.39, 0.29) is 5.91 Å². The van der Waals surface area contributed by atoms with Crippen LogP contribution in [0.2, 0.25) is 0 Å². The largest absolute Gasteiger partial charge is 0.336 e. The molecule has 2 heterocycles. The lowest BCUT2D eigenvalue weighted by Crippen LogP contribution is -2.49. The normalized spacial score (nSPS) is 20.1. The zero-order chi connectivity index (χ0) is 14.2. The SMILES string of the molecule is O=C(c1ccc2[nH]ncc2c1)N1CCN(CC2CC2)CC1. The molecule has 0 unspecified atom stereocenters. The predicted octanol–water partition coefficient (Wildman–Crippen LogP) is 1.73. The predicted molar refractivity (Wildman–Crippen MR) is 81.2 cm³/mol. The number of carbonyl (C=O) groups excluding carboxylic acids is 1. The quantitative estimate of drug-likeness (QED) is 0.934. The Labute approximate surface area is 123 Å². The Morgan fingerprint density at radius 3 is 2.81 bits per heavy atom. The van der Waals surface area contributed by atoms with Gasteiger partial charge in [-0.1, -0.05) is 0 Å². The van der Waals surface area contributed by atoms with E-state index in [1.54, 1.807) is 6.20 Å². The van der Waals surface area contributed by atoms with Crippen molar-refractivity contribution in [2.45, 2.75) is 12.8 Å². The van der Waals surface area contributed by atoms with Gasteiger partial charge < -0.3 is 4.90 Å². The van der Waals surface area contributed by atoms with E-state index in [1.807, 2.05) is 23.1 Å². The van der Waals surface area contributed by atoms with Gasteiger partial charge in [-0.15, -0.1) is 0 Å². The van der Waals surface area contributed by atoms with Crippen LogP contribution in [-0.4, -0.2) is 58.6 Å². The number of nitrogens with zero attached hydrogens (tertiary/aromatic N) is 3. The van der Waals surface area contributed by atoms with Crippen LogP contribution in [0.1, 0.15) is 23.2 Å². The van der Waals surface area contributed by atoms with Gasteiger partial charge in [0.15, 0.2) is 0 Å². The average Bonchev–Trinajstić information content (AvgIpc) is 3.21. The Bertz CT molecular complexity index is 653. The number of hydrogen-bond acceptors (Lipinski definition) is 3. The topological polar surface area (TPSA) is 52.2 Å². The third-order valence-corrected chi connectivity index (χ3v) is 4.56. The molecule has 2 fully saturated rings. The number of aromatic nitrogens is 2. The fourth-order valence-corrected chi connectivity index (χ4v) is 3.06. The number of hydrogen-bond donors (Lipinski definition) is 1. The number of amides is 1. The molecule has 0 radical (unpaired) electrons. The molecule has 5 heteroatoms. The molecule has 4 rings (SSSR count). The van der Waals surface area contributed by atoms with Crippen molar-refractivity contribution >= 4 is 16.8 Å². The van der Waals surface area contributed by atoms with E-state index in [0.29, 0.717) is 0 Å². The summed E-state index contributed by atoms with van der Waals surface area (Å²) >= 11 is 0. The first kappa shape index (κ1) is 12.8. The molecule has 1 aliphatic carbocycles. The van der Waals surface area contributed by atoms with Gasteiger partial charge in [-0.05, 0) is 37.0 Å². The maximum atomic E-state index is 12.6. The van der Waals surface area contributed by atoms with E-state index in [2.05, 4.69) is 15.1 Å². The van der Waals surface area contributed by atoms with Gasteiger partial charge in [0, 0.05) is 43.7 Å². The molecule has 0 bridgehead atoms. The second kappa shape index (κ2) is 5.15. The molecule has 1 aromatic carbocycles. The van der Waals surface area contributed by atoms with Crippen LogP contribution >= 0.6 is 0 Å². The van der Waals surface area contributed by atoms with Crippen LogP contribution in [0.4, 0.5) is 0 Å². The zero-order valence-corrected chi connectivity index (χ0v) is 12.1. The number of H-pyrrole nitrogens is 1. The summed E-state index contributed by atoms with van der Waals surface area (Å²) in [6.07, 6.45) is 4.55. The molecule has 2 aromatic rings. The van der Waals surface area contributed by atoms with Crippen molar-refractivity contribution in [3.8, 4) is 0 Å². The summed E-state index contributed by atoms with van der Waals surface area (Å²) in [6, 6.07) is 5.75. The summed E-state index contributed by atoms with van der Waals surface area (Å²) in [5, 5.41) is 7.91. The molecule has 0 spiro atoms. The summed E-state index contributed by atoms with van der Waals surface area (Å²) in [5.41, 5.74) is 1.74. The summed E-state index contributed by atoms with van der Waals surface area (Å²) in [7, 11) is 0. The minimum Gasteiger partial charge on any atom is -0.336 e. The van der Waals surface area contributed by atoms with Gasteiger partial charge >= 0.3 is 0 Å². The zero-order valence-electron chi connectivity index (χ0n) is 12.1. The van der Waals surface area contributed by atoms with Crippen LogP contribution in [0.5, 0.6) is 0 Å². The van der Waals surface area contributed by atoms with Crippen molar-refractivity contribution in [3.05, 3.63) is 30.0 Å². The highest BCUT2D eigenvalue weighted by molar-refractivity contribution is 5.97. The minimum atomic E-state index is 0.143. The Hall–Kier alpha value is -1.88. The number of carbonyl (C=O) groups is 1. The van der Waals surface area contributed by atoms with E-state index in [4.69, 9.17) is 0 Å². The number of fused-ring (bicyclic) bond motifs is 1. The van der Waals surface area contributed by atoms with Gasteiger partial charge in [0.1, 0.15) is 0 Å². The smallest absolute Gasteiger partial charge is 0.253 e. The average molecular weight is 284 g/mol. The fourth-order valence-electron chi connectivity index (χ4n) is 3.06. The highest BCUT2D eigenvalue weighted by Gasteiger charge is 2.27. The Morgan fingerprint density at radius 1 is 1.24 bits per heavy atom. The molecule has 2 aliphatic rings. The van der Waals surface area contributed by atoms with Crippen LogP contribution < -0.4 is 0 Å². The highest BCUT2D eigenvalue weighted by Crippen LogP contribution is 2.30. The maximum Gasteiger partial charge on any atom is 0.253 e. The second-order valence-electron chi connectivity index (χ2n) is 6.21. The van der Waals surface area contributed by atoms with Gasteiger partial charge in [0.25, 0.3) is 5.91 Å². The molecule has 21 heavy (non-hydrogen) atoms. The number of nitrogens with one attached hydrogen (secondary N) is 1. The van der Waals surface area contributed by atoms with Crippen LogP contribution in [-0.2, 0) is 0 Å². The molecule has 1 amide bonds. The Balaban J connectivity index is 1.42. The molecule has 1 saturated carbocycles. The van der Waals surface area contributed by atoms with E-state index < -0.39 is 0 Å². The summed E-state index contributed by atoms with van der Waals surface area (Å²) in [6.45, 7) is 4.93. The number of aromatic amines is 1. The van der Waals surface area contributed by atoms with Gasteiger partial charge in [0.05, 0.1) is 11.7 Å². The molecule has 1 saturated heterocycles. The first-order chi connectivity index (χ1) is 10.3. The number of piperazine rings is 1. The fraction of sp³-hybridized carbons (Fsp3) is 0.500. The maximum absolute atomic E-state index is 12.6. The molecular weight excluding hydrogens is 264 g/mol. The first-order valence-corrected chi connectivity index (χ1v) is 7.74. The van der Waals surface area contributed by atoms with Crippen molar-refractivity contribution in [1.29, 1.82) is 0 Å². The van der Waals surface area contributed by atoms with Gasteiger partial charge in [-0.25, -0.2) is 0 Å². The molecule has 110 valence electrons.